The fraction of sp³-hybridized carbons (Fsp3) is 0.350. The Labute approximate surface area is 145 Å². The first-order valence-corrected chi connectivity index (χ1v) is 8.21. The van der Waals surface area contributed by atoms with E-state index in [-0.39, 0.29) is 0 Å². The molecule has 2 aromatic rings. The van der Waals surface area contributed by atoms with Crippen LogP contribution in [0.3, 0.4) is 0 Å². The molecule has 128 valence electrons. The standard InChI is InChI=1S/C20H27N3O/c1-22(2)20(23(3)4)21-14-13-17-11-8-12-19(15-17)24-16-18-9-6-5-7-10-18/h5-12,15H,13-14,16H2,1-4H3. The molecule has 24 heavy (non-hydrogen) atoms. The second-order valence-electron chi connectivity index (χ2n) is 6.14. The van der Waals surface area contributed by atoms with Gasteiger partial charge in [0.15, 0.2) is 5.96 Å². The predicted octanol–water partition coefficient (Wildman–Crippen LogP) is 3.29. The van der Waals surface area contributed by atoms with Crippen molar-refractivity contribution in [3.63, 3.8) is 0 Å². The highest BCUT2D eigenvalue weighted by atomic mass is 16.5. The van der Waals surface area contributed by atoms with Gasteiger partial charge in [-0.2, -0.15) is 0 Å². The van der Waals surface area contributed by atoms with E-state index >= 15 is 0 Å². The summed E-state index contributed by atoms with van der Waals surface area (Å²) in [4.78, 5) is 8.72. The molecule has 0 saturated carbocycles. The topological polar surface area (TPSA) is 28.1 Å². The Bertz CT molecular complexity index is 641. The Kier molecular flexibility index (Phi) is 6.67. The SMILES string of the molecule is CN(C)C(=NCCc1cccc(OCc2ccccc2)c1)N(C)C. The van der Waals surface area contributed by atoms with Crippen molar-refractivity contribution in [1.82, 2.24) is 9.80 Å². The summed E-state index contributed by atoms with van der Waals surface area (Å²) in [7, 11) is 8.04. The number of guanidine groups is 1. The zero-order valence-electron chi connectivity index (χ0n) is 15.1. The van der Waals surface area contributed by atoms with Gasteiger partial charge in [-0.15, -0.1) is 0 Å². The number of aliphatic imine (C=N–C) groups is 1. The normalized spacial score (nSPS) is 10.2. The minimum atomic E-state index is 0.591. The van der Waals surface area contributed by atoms with E-state index in [1.165, 1.54) is 11.1 Å². The lowest BCUT2D eigenvalue weighted by atomic mass is 10.1. The van der Waals surface area contributed by atoms with Crippen molar-refractivity contribution in [3.8, 4) is 5.75 Å². The van der Waals surface area contributed by atoms with Gasteiger partial charge in [0.05, 0.1) is 0 Å². The Morgan fingerprint density at radius 2 is 1.54 bits per heavy atom. The van der Waals surface area contributed by atoms with E-state index in [1.807, 2.05) is 68.3 Å². The minimum absolute atomic E-state index is 0.591. The molecule has 0 unspecified atom stereocenters. The lowest BCUT2D eigenvalue weighted by Gasteiger charge is -2.22. The van der Waals surface area contributed by atoms with E-state index in [0.29, 0.717) is 6.61 Å². The third-order valence-corrected chi connectivity index (χ3v) is 3.60. The summed E-state index contributed by atoms with van der Waals surface area (Å²) in [6.07, 6.45) is 0.897. The number of hydrogen-bond donors (Lipinski definition) is 0. The quantitative estimate of drug-likeness (QED) is 0.603. The highest BCUT2D eigenvalue weighted by molar-refractivity contribution is 5.79. The van der Waals surface area contributed by atoms with Crippen LogP contribution in [-0.2, 0) is 13.0 Å². The van der Waals surface area contributed by atoms with Crippen LogP contribution in [0.25, 0.3) is 0 Å². The molecule has 0 spiro atoms. The molecule has 0 aromatic heterocycles. The summed E-state index contributed by atoms with van der Waals surface area (Å²) in [5, 5.41) is 0. The maximum absolute atomic E-state index is 5.88. The molecule has 2 rings (SSSR count). The molecule has 0 N–H and O–H groups in total. The van der Waals surface area contributed by atoms with Crippen LogP contribution in [0.4, 0.5) is 0 Å². The first-order chi connectivity index (χ1) is 11.6. The first-order valence-electron chi connectivity index (χ1n) is 8.21. The number of rotatable bonds is 6. The molecular formula is C20H27N3O. The molecule has 0 aliphatic rings. The Hall–Kier alpha value is -2.49. The van der Waals surface area contributed by atoms with Crippen molar-refractivity contribution in [1.29, 1.82) is 0 Å². The van der Waals surface area contributed by atoms with Crippen molar-refractivity contribution < 1.29 is 4.74 Å². The second kappa shape index (κ2) is 8.96. The van der Waals surface area contributed by atoms with Gasteiger partial charge in [0.1, 0.15) is 12.4 Å². The lowest BCUT2D eigenvalue weighted by molar-refractivity contribution is 0.306. The van der Waals surface area contributed by atoms with E-state index in [2.05, 4.69) is 29.3 Å². The van der Waals surface area contributed by atoms with Gasteiger partial charge in [-0.25, -0.2) is 0 Å². The third-order valence-electron chi connectivity index (χ3n) is 3.60. The fourth-order valence-electron chi connectivity index (χ4n) is 2.50. The summed E-state index contributed by atoms with van der Waals surface area (Å²) in [6, 6.07) is 18.5. The number of ether oxygens (including phenoxy) is 1. The zero-order valence-corrected chi connectivity index (χ0v) is 15.1. The van der Waals surface area contributed by atoms with Crippen LogP contribution in [-0.4, -0.2) is 50.5 Å². The number of benzene rings is 2. The minimum Gasteiger partial charge on any atom is -0.489 e. The molecule has 2 aromatic carbocycles. The zero-order chi connectivity index (χ0) is 17.4. The molecule has 0 heterocycles. The highest BCUT2D eigenvalue weighted by Crippen LogP contribution is 2.15. The predicted molar refractivity (Wildman–Crippen MR) is 101 cm³/mol. The average molecular weight is 325 g/mol. The third kappa shape index (κ3) is 5.61. The van der Waals surface area contributed by atoms with Crippen LogP contribution < -0.4 is 4.74 Å². The Morgan fingerprint density at radius 3 is 2.21 bits per heavy atom. The second-order valence-corrected chi connectivity index (χ2v) is 6.14. The van der Waals surface area contributed by atoms with Crippen LogP contribution >= 0.6 is 0 Å². The van der Waals surface area contributed by atoms with Crippen LogP contribution in [0, 0.1) is 0 Å². The summed E-state index contributed by atoms with van der Waals surface area (Å²) >= 11 is 0. The van der Waals surface area contributed by atoms with Gasteiger partial charge in [0.25, 0.3) is 0 Å². The summed E-state index contributed by atoms with van der Waals surface area (Å²) in [6.45, 7) is 1.35. The van der Waals surface area contributed by atoms with Crippen molar-refractivity contribution in [2.75, 3.05) is 34.7 Å². The molecule has 0 aliphatic carbocycles. The van der Waals surface area contributed by atoms with Gasteiger partial charge in [-0.05, 0) is 29.7 Å². The number of hydrogen-bond acceptors (Lipinski definition) is 2. The maximum Gasteiger partial charge on any atom is 0.195 e. The molecule has 0 amide bonds. The molecular weight excluding hydrogens is 298 g/mol. The van der Waals surface area contributed by atoms with Gasteiger partial charge >= 0.3 is 0 Å². The maximum atomic E-state index is 5.88. The first kappa shape index (κ1) is 17.9. The van der Waals surface area contributed by atoms with Gasteiger partial charge in [0.2, 0.25) is 0 Å². The van der Waals surface area contributed by atoms with E-state index in [4.69, 9.17) is 4.74 Å². The molecule has 4 nitrogen and oxygen atoms in total. The Morgan fingerprint density at radius 1 is 0.875 bits per heavy atom. The molecule has 0 atom stereocenters. The monoisotopic (exact) mass is 325 g/mol. The van der Waals surface area contributed by atoms with Crippen LogP contribution in [0.1, 0.15) is 11.1 Å². The van der Waals surface area contributed by atoms with Crippen LogP contribution in [0.5, 0.6) is 5.75 Å². The van der Waals surface area contributed by atoms with E-state index in [0.717, 1.165) is 24.7 Å². The van der Waals surface area contributed by atoms with Crippen molar-refractivity contribution in [3.05, 3.63) is 65.7 Å². The Balaban J connectivity index is 1.91. The van der Waals surface area contributed by atoms with E-state index < -0.39 is 0 Å². The van der Waals surface area contributed by atoms with Crippen molar-refractivity contribution in [2.24, 2.45) is 4.99 Å². The van der Waals surface area contributed by atoms with Crippen LogP contribution in [0.2, 0.25) is 0 Å². The molecule has 0 fully saturated rings. The summed E-state index contributed by atoms with van der Waals surface area (Å²) < 4.78 is 5.88. The van der Waals surface area contributed by atoms with Crippen LogP contribution in [0.15, 0.2) is 59.6 Å². The smallest absolute Gasteiger partial charge is 0.195 e. The highest BCUT2D eigenvalue weighted by Gasteiger charge is 2.04. The summed E-state index contributed by atoms with van der Waals surface area (Å²) in [5.41, 5.74) is 2.41. The molecule has 0 radical (unpaired) electrons. The number of nitrogens with zero attached hydrogens (tertiary/aromatic N) is 3. The molecule has 0 saturated heterocycles. The molecule has 0 aliphatic heterocycles. The largest absolute Gasteiger partial charge is 0.489 e. The van der Waals surface area contributed by atoms with Gasteiger partial charge < -0.3 is 14.5 Å². The van der Waals surface area contributed by atoms with Gasteiger partial charge in [0, 0.05) is 34.7 Å². The van der Waals surface area contributed by atoms with Gasteiger partial charge in [-0.1, -0.05) is 42.5 Å². The van der Waals surface area contributed by atoms with E-state index in [9.17, 15) is 0 Å². The van der Waals surface area contributed by atoms with Crippen molar-refractivity contribution in [2.45, 2.75) is 13.0 Å². The average Bonchev–Trinajstić information content (AvgIpc) is 2.57. The molecule has 4 heteroatoms. The summed E-state index contributed by atoms with van der Waals surface area (Å²) in [5.74, 6) is 1.88. The molecule has 0 bridgehead atoms. The lowest BCUT2D eigenvalue weighted by Crippen LogP contribution is -2.35. The fourth-order valence-corrected chi connectivity index (χ4v) is 2.50. The van der Waals surface area contributed by atoms with E-state index in [1.54, 1.807) is 0 Å². The van der Waals surface area contributed by atoms with Gasteiger partial charge in [-0.3, -0.25) is 4.99 Å². The van der Waals surface area contributed by atoms with Crippen molar-refractivity contribution >= 4 is 5.96 Å².